The van der Waals surface area contributed by atoms with Gasteiger partial charge in [0, 0.05) is 0 Å². The van der Waals surface area contributed by atoms with Crippen LogP contribution in [0.15, 0.2) is 18.7 Å². The highest BCUT2D eigenvalue weighted by Gasteiger charge is 2.49. The number of rotatable bonds is 7. The molecule has 144 valence electrons. The lowest BCUT2D eigenvalue weighted by atomic mass is 10.0. The molecule has 1 rings (SSSR count). The fourth-order valence-corrected chi connectivity index (χ4v) is 2.22. The van der Waals surface area contributed by atoms with Crippen LogP contribution in [-0.4, -0.2) is 39.1 Å². The fraction of sp³-hybridized carbons (Fsp3) is 0.333. The van der Waals surface area contributed by atoms with Gasteiger partial charge in [-0.2, -0.15) is 21.6 Å². The molecule has 0 aromatic heterocycles. The summed E-state index contributed by atoms with van der Waals surface area (Å²) in [5, 5.41) is 0. The maximum atomic E-state index is 12.6. The molecule has 0 aliphatic carbocycles. The van der Waals surface area contributed by atoms with Crippen LogP contribution in [0, 0.1) is 0 Å². The van der Waals surface area contributed by atoms with Gasteiger partial charge in [-0.15, -0.1) is 0 Å². The second-order valence-corrected chi connectivity index (χ2v) is 6.10. The van der Waals surface area contributed by atoms with E-state index in [0.29, 0.717) is 6.07 Å². The Kier molecular flexibility index (Phi) is 6.79. The summed E-state index contributed by atoms with van der Waals surface area (Å²) in [6, 6.07) is 1.59. The SMILES string of the molecule is C=Cc1cc(C(=O)OCC)c(OS(=O)(=O)C(F)(F)F)cc1C(=O)OCC. The monoisotopic (exact) mass is 396 g/mol. The number of halogens is 3. The van der Waals surface area contributed by atoms with Gasteiger partial charge >= 0.3 is 27.6 Å². The van der Waals surface area contributed by atoms with E-state index in [-0.39, 0.29) is 24.3 Å². The zero-order chi connectivity index (χ0) is 20.1. The van der Waals surface area contributed by atoms with Gasteiger partial charge in [0.2, 0.25) is 0 Å². The van der Waals surface area contributed by atoms with Crippen LogP contribution in [0.5, 0.6) is 5.75 Å². The van der Waals surface area contributed by atoms with E-state index in [2.05, 4.69) is 15.5 Å². The van der Waals surface area contributed by atoms with Crippen LogP contribution in [0.2, 0.25) is 0 Å². The average molecular weight is 396 g/mol. The third kappa shape index (κ3) is 4.75. The van der Waals surface area contributed by atoms with E-state index in [1.54, 1.807) is 0 Å². The van der Waals surface area contributed by atoms with Crippen molar-refractivity contribution in [2.24, 2.45) is 0 Å². The molecule has 0 saturated heterocycles. The molecule has 0 aliphatic rings. The van der Waals surface area contributed by atoms with Crippen molar-refractivity contribution in [1.29, 1.82) is 0 Å². The van der Waals surface area contributed by atoms with E-state index in [0.717, 1.165) is 12.1 Å². The molecule has 1 aromatic rings. The van der Waals surface area contributed by atoms with Crippen LogP contribution >= 0.6 is 0 Å². The van der Waals surface area contributed by atoms with Crippen molar-refractivity contribution in [3.63, 3.8) is 0 Å². The first-order valence-corrected chi connectivity index (χ1v) is 8.54. The van der Waals surface area contributed by atoms with Gasteiger partial charge in [0.1, 0.15) is 5.56 Å². The number of carbonyl (C=O) groups is 2. The Balaban J connectivity index is 3.61. The number of carbonyl (C=O) groups excluding carboxylic acids is 2. The summed E-state index contributed by atoms with van der Waals surface area (Å²) >= 11 is 0. The fourth-order valence-electron chi connectivity index (χ4n) is 1.75. The van der Waals surface area contributed by atoms with Gasteiger partial charge in [-0.05, 0) is 31.5 Å². The first kappa shape index (κ1) is 21.5. The highest BCUT2D eigenvalue weighted by Crippen LogP contribution is 2.32. The van der Waals surface area contributed by atoms with Crippen molar-refractivity contribution in [3.8, 4) is 5.75 Å². The van der Waals surface area contributed by atoms with Gasteiger partial charge in [0.05, 0.1) is 18.8 Å². The van der Waals surface area contributed by atoms with E-state index in [9.17, 15) is 31.2 Å². The lowest BCUT2D eigenvalue weighted by Crippen LogP contribution is -2.29. The Hall–Kier alpha value is -2.56. The lowest BCUT2D eigenvalue weighted by Gasteiger charge is -2.15. The van der Waals surface area contributed by atoms with Crippen molar-refractivity contribution in [2.45, 2.75) is 19.4 Å². The number of alkyl halides is 3. The molecule has 0 N–H and O–H groups in total. The Morgan fingerprint density at radius 3 is 2.00 bits per heavy atom. The van der Waals surface area contributed by atoms with Crippen molar-refractivity contribution >= 4 is 28.1 Å². The summed E-state index contributed by atoms with van der Waals surface area (Å²) < 4.78 is 73.8. The number of ether oxygens (including phenoxy) is 2. The topological polar surface area (TPSA) is 96.0 Å². The highest BCUT2D eigenvalue weighted by molar-refractivity contribution is 7.88. The van der Waals surface area contributed by atoms with Gasteiger partial charge in [-0.3, -0.25) is 0 Å². The number of benzene rings is 1. The van der Waals surface area contributed by atoms with Gasteiger partial charge in [0.15, 0.2) is 5.75 Å². The molecule has 0 saturated carbocycles. The molecule has 0 bridgehead atoms. The maximum Gasteiger partial charge on any atom is 0.534 e. The van der Waals surface area contributed by atoms with Crippen molar-refractivity contribution in [1.82, 2.24) is 0 Å². The van der Waals surface area contributed by atoms with E-state index in [4.69, 9.17) is 4.74 Å². The number of esters is 2. The van der Waals surface area contributed by atoms with Crippen LogP contribution < -0.4 is 4.18 Å². The Morgan fingerprint density at radius 1 is 1.08 bits per heavy atom. The van der Waals surface area contributed by atoms with Crippen molar-refractivity contribution in [2.75, 3.05) is 13.2 Å². The van der Waals surface area contributed by atoms with Crippen LogP contribution in [-0.2, 0) is 19.6 Å². The summed E-state index contributed by atoms with van der Waals surface area (Å²) in [5.41, 5.74) is -6.67. The van der Waals surface area contributed by atoms with Crippen LogP contribution in [0.3, 0.4) is 0 Å². The second-order valence-electron chi connectivity index (χ2n) is 4.56. The first-order valence-electron chi connectivity index (χ1n) is 7.13. The minimum atomic E-state index is -6.08. The summed E-state index contributed by atoms with van der Waals surface area (Å²) in [6.07, 6.45) is 1.14. The van der Waals surface area contributed by atoms with Gasteiger partial charge in [-0.1, -0.05) is 12.7 Å². The quantitative estimate of drug-likeness (QED) is 0.397. The molecule has 0 amide bonds. The molecule has 11 heteroatoms. The van der Waals surface area contributed by atoms with Gasteiger partial charge in [0.25, 0.3) is 0 Å². The largest absolute Gasteiger partial charge is 0.534 e. The van der Waals surface area contributed by atoms with Gasteiger partial charge in [-0.25, -0.2) is 9.59 Å². The number of hydrogen-bond donors (Lipinski definition) is 0. The Labute approximate surface area is 147 Å². The van der Waals surface area contributed by atoms with E-state index < -0.39 is 38.9 Å². The molecule has 0 heterocycles. The molecule has 0 spiro atoms. The third-order valence-corrected chi connectivity index (χ3v) is 3.81. The smallest absolute Gasteiger partial charge is 0.462 e. The molecular weight excluding hydrogens is 381 g/mol. The standard InChI is InChI=1S/C15H15F3O7S/c1-4-9-7-11(14(20)24-6-3)12(8-10(9)13(19)23-5-2)25-26(21,22)15(16,17)18/h4,7-8H,1,5-6H2,2-3H3. The summed E-state index contributed by atoms with van der Waals surface area (Å²) in [6.45, 7) is 6.17. The van der Waals surface area contributed by atoms with Crippen LogP contribution in [0.1, 0.15) is 40.1 Å². The first-order chi connectivity index (χ1) is 12.0. The average Bonchev–Trinajstić information content (AvgIpc) is 2.53. The molecule has 0 aliphatic heterocycles. The van der Waals surface area contributed by atoms with Crippen molar-refractivity contribution in [3.05, 3.63) is 35.4 Å². The minimum Gasteiger partial charge on any atom is -0.462 e. The predicted molar refractivity (Wildman–Crippen MR) is 84.0 cm³/mol. The summed E-state index contributed by atoms with van der Waals surface area (Å²) in [5.74, 6) is -3.13. The molecule has 0 radical (unpaired) electrons. The molecule has 0 atom stereocenters. The zero-order valence-corrected chi connectivity index (χ0v) is 14.6. The lowest BCUT2D eigenvalue weighted by molar-refractivity contribution is -0.0500. The molecule has 7 nitrogen and oxygen atoms in total. The third-order valence-electron chi connectivity index (χ3n) is 2.85. The second kappa shape index (κ2) is 8.21. The molecular formula is C15H15F3O7S. The van der Waals surface area contributed by atoms with Gasteiger partial charge < -0.3 is 13.7 Å². The summed E-state index contributed by atoms with van der Waals surface area (Å²) in [4.78, 5) is 23.9. The summed E-state index contributed by atoms with van der Waals surface area (Å²) in [7, 11) is -6.08. The Bertz CT molecular complexity index is 813. The van der Waals surface area contributed by atoms with E-state index in [1.165, 1.54) is 13.8 Å². The molecule has 0 fully saturated rings. The zero-order valence-electron chi connectivity index (χ0n) is 13.8. The van der Waals surface area contributed by atoms with E-state index in [1.807, 2.05) is 0 Å². The van der Waals surface area contributed by atoms with Crippen molar-refractivity contribution < 1.29 is 44.8 Å². The Morgan fingerprint density at radius 2 is 1.58 bits per heavy atom. The van der Waals surface area contributed by atoms with E-state index >= 15 is 0 Å². The maximum absolute atomic E-state index is 12.6. The number of hydrogen-bond acceptors (Lipinski definition) is 7. The molecule has 1 aromatic carbocycles. The van der Waals surface area contributed by atoms with Crippen LogP contribution in [0.4, 0.5) is 13.2 Å². The molecule has 0 unspecified atom stereocenters. The highest BCUT2D eigenvalue weighted by atomic mass is 32.2. The molecule has 26 heavy (non-hydrogen) atoms. The minimum absolute atomic E-state index is 0.0169. The predicted octanol–water partition coefficient (Wildman–Crippen LogP) is 2.91. The normalized spacial score (nSPS) is 11.6. The van der Waals surface area contributed by atoms with Crippen LogP contribution in [0.25, 0.3) is 6.08 Å².